The van der Waals surface area contributed by atoms with Gasteiger partial charge in [-0.2, -0.15) is 0 Å². The van der Waals surface area contributed by atoms with Crippen LogP contribution < -0.4 is 15.6 Å². The number of hydrogen-bond donors (Lipinski definition) is 1. The first-order valence-corrected chi connectivity index (χ1v) is 9.20. The van der Waals surface area contributed by atoms with E-state index in [2.05, 4.69) is 10.3 Å². The maximum atomic E-state index is 12.5. The summed E-state index contributed by atoms with van der Waals surface area (Å²) in [6.07, 6.45) is 6.23. The fourth-order valence-electron chi connectivity index (χ4n) is 3.42. The second kappa shape index (κ2) is 7.61. The number of anilines is 1. The summed E-state index contributed by atoms with van der Waals surface area (Å²) in [5.41, 5.74) is 1.04. The van der Waals surface area contributed by atoms with Gasteiger partial charge in [-0.15, -0.1) is 0 Å². The van der Waals surface area contributed by atoms with Crippen molar-refractivity contribution in [3.05, 3.63) is 65.2 Å². The van der Waals surface area contributed by atoms with E-state index in [0.717, 1.165) is 18.6 Å². The molecule has 1 saturated carbocycles. The number of carbonyl (C=O) groups excluding carboxylic acids is 1. The van der Waals surface area contributed by atoms with Crippen LogP contribution in [-0.2, 0) is 11.3 Å². The first-order valence-electron chi connectivity index (χ1n) is 9.20. The molecule has 6 nitrogen and oxygen atoms in total. The van der Waals surface area contributed by atoms with Crippen LogP contribution in [0, 0.1) is 0 Å². The zero-order valence-corrected chi connectivity index (χ0v) is 14.9. The molecule has 1 aliphatic carbocycles. The molecule has 1 heterocycles. The molecule has 0 radical (unpaired) electrons. The molecule has 27 heavy (non-hydrogen) atoms. The molecule has 0 unspecified atom stereocenters. The van der Waals surface area contributed by atoms with Crippen molar-refractivity contribution in [2.24, 2.45) is 0 Å². The topological polar surface area (TPSA) is 73.2 Å². The number of carbonyl (C=O) groups is 1. The highest BCUT2D eigenvalue weighted by molar-refractivity contribution is 5.91. The molecule has 0 atom stereocenters. The maximum Gasteiger partial charge on any atom is 0.261 e. The summed E-state index contributed by atoms with van der Waals surface area (Å²) in [6.45, 7) is -0.0929. The van der Waals surface area contributed by atoms with Crippen molar-refractivity contribution in [3.63, 3.8) is 0 Å². The van der Waals surface area contributed by atoms with Gasteiger partial charge >= 0.3 is 0 Å². The predicted octanol–water partition coefficient (Wildman–Crippen LogP) is 3.36. The quantitative estimate of drug-likeness (QED) is 0.754. The molecule has 3 aromatic rings. The lowest BCUT2D eigenvalue weighted by Crippen LogP contribution is -2.27. The third kappa shape index (κ3) is 4.00. The normalized spacial score (nSPS) is 14.4. The Bertz CT molecular complexity index is 1020. The van der Waals surface area contributed by atoms with Crippen LogP contribution in [0.5, 0.6) is 5.75 Å². The van der Waals surface area contributed by atoms with Crippen LogP contribution >= 0.6 is 0 Å². The Morgan fingerprint density at radius 3 is 2.81 bits per heavy atom. The van der Waals surface area contributed by atoms with E-state index in [1.54, 1.807) is 24.3 Å². The molecule has 4 rings (SSSR count). The Hall–Kier alpha value is -3.15. The number of hydrogen-bond acceptors (Lipinski definition) is 4. The molecule has 0 aliphatic heterocycles. The number of amides is 1. The van der Waals surface area contributed by atoms with E-state index < -0.39 is 0 Å². The van der Waals surface area contributed by atoms with Gasteiger partial charge in [0.05, 0.1) is 23.3 Å². The molecule has 1 aromatic heterocycles. The third-order valence-corrected chi connectivity index (χ3v) is 4.77. The summed E-state index contributed by atoms with van der Waals surface area (Å²) in [4.78, 5) is 29.1. The van der Waals surface area contributed by atoms with Crippen LogP contribution in [0.2, 0.25) is 0 Å². The van der Waals surface area contributed by atoms with Crippen molar-refractivity contribution in [1.29, 1.82) is 0 Å². The van der Waals surface area contributed by atoms with E-state index in [1.807, 2.05) is 24.3 Å². The monoisotopic (exact) mass is 363 g/mol. The summed E-state index contributed by atoms with van der Waals surface area (Å²) >= 11 is 0. The summed E-state index contributed by atoms with van der Waals surface area (Å²) < 4.78 is 7.28. The number of rotatable bonds is 5. The van der Waals surface area contributed by atoms with E-state index >= 15 is 0 Å². The molecular weight excluding hydrogens is 342 g/mol. The zero-order valence-electron chi connectivity index (χ0n) is 14.9. The number of aromatic nitrogens is 2. The molecule has 0 spiro atoms. The van der Waals surface area contributed by atoms with Gasteiger partial charge in [0.2, 0.25) is 5.91 Å². The van der Waals surface area contributed by atoms with Crippen molar-refractivity contribution in [1.82, 2.24) is 9.55 Å². The van der Waals surface area contributed by atoms with Gasteiger partial charge in [-0.25, -0.2) is 4.98 Å². The number of ether oxygens (including phenoxy) is 1. The fourth-order valence-corrected chi connectivity index (χ4v) is 3.42. The highest BCUT2D eigenvalue weighted by Gasteiger charge is 2.16. The maximum absolute atomic E-state index is 12.5. The van der Waals surface area contributed by atoms with Gasteiger partial charge in [0.25, 0.3) is 5.56 Å². The summed E-state index contributed by atoms with van der Waals surface area (Å²) in [7, 11) is 0. The molecule has 0 bridgehead atoms. The SMILES string of the molecule is O=C(Cn1cnc2ccccc2c1=O)Nc1cccc(OC2CCCC2)c1. The number of nitrogens with one attached hydrogen (secondary N) is 1. The number of benzene rings is 2. The molecule has 0 saturated heterocycles. The smallest absolute Gasteiger partial charge is 0.261 e. The van der Waals surface area contributed by atoms with Crippen molar-refractivity contribution in [2.75, 3.05) is 5.32 Å². The third-order valence-electron chi connectivity index (χ3n) is 4.77. The molecule has 138 valence electrons. The van der Waals surface area contributed by atoms with Crippen LogP contribution in [0.1, 0.15) is 25.7 Å². The minimum Gasteiger partial charge on any atom is -0.490 e. The number of fused-ring (bicyclic) bond motifs is 1. The Balaban J connectivity index is 1.45. The number of para-hydroxylation sites is 1. The summed E-state index contributed by atoms with van der Waals surface area (Å²) in [5.74, 6) is 0.469. The van der Waals surface area contributed by atoms with Crippen molar-refractivity contribution < 1.29 is 9.53 Å². The Morgan fingerprint density at radius 2 is 1.96 bits per heavy atom. The van der Waals surface area contributed by atoms with Crippen LogP contribution in [-0.4, -0.2) is 21.6 Å². The molecule has 2 aromatic carbocycles. The van der Waals surface area contributed by atoms with Gasteiger partial charge in [0, 0.05) is 11.8 Å². The van der Waals surface area contributed by atoms with Gasteiger partial charge in [0.15, 0.2) is 0 Å². The molecule has 1 N–H and O–H groups in total. The Labute approximate surface area is 156 Å². The number of nitrogens with zero attached hydrogens (tertiary/aromatic N) is 2. The highest BCUT2D eigenvalue weighted by atomic mass is 16.5. The van der Waals surface area contributed by atoms with Gasteiger partial charge in [-0.05, 0) is 49.9 Å². The van der Waals surface area contributed by atoms with Gasteiger partial charge < -0.3 is 10.1 Å². The zero-order chi connectivity index (χ0) is 18.6. The second-order valence-electron chi connectivity index (χ2n) is 6.80. The standard InChI is InChI=1S/C21H21N3O3/c25-20(13-24-14-22-19-11-4-3-10-18(19)21(24)26)23-15-6-5-9-17(12-15)27-16-7-1-2-8-16/h3-6,9-12,14,16H,1-2,7-8,13H2,(H,23,25). The lowest BCUT2D eigenvalue weighted by atomic mass is 10.2. The van der Waals surface area contributed by atoms with Gasteiger partial charge in [-0.3, -0.25) is 14.2 Å². The van der Waals surface area contributed by atoms with E-state index in [1.165, 1.54) is 23.7 Å². The molecule has 1 fully saturated rings. The lowest BCUT2D eigenvalue weighted by Gasteiger charge is -2.14. The average molecular weight is 363 g/mol. The van der Waals surface area contributed by atoms with Crippen LogP contribution in [0.15, 0.2) is 59.7 Å². The van der Waals surface area contributed by atoms with Crippen LogP contribution in [0.4, 0.5) is 5.69 Å². The molecule has 1 aliphatic rings. The first kappa shape index (κ1) is 17.3. The Kier molecular flexibility index (Phi) is 4.87. The highest BCUT2D eigenvalue weighted by Crippen LogP contribution is 2.25. The molecular formula is C21H21N3O3. The van der Waals surface area contributed by atoms with E-state index in [4.69, 9.17) is 4.74 Å². The minimum absolute atomic E-state index is 0.0929. The fraction of sp³-hybridized carbons (Fsp3) is 0.286. The van der Waals surface area contributed by atoms with Crippen molar-refractivity contribution >= 4 is 22.5 Å². The molecule has 1 amide bonds. The van der Waals surface area contributed by atoms with Gasteiger partial charge in [0.1, 0.15) is 12.3 Å². The lowest BCUT2D eigenvalue weighted by molar-refractivity contribution is -0.116. The summed E-state index contributed by atoms with van der Waals surface area (Å²) in [6, 6.07) is 14.5. The van der Waals surface area contributed by atoms with E-state index in [-0.39, 0.29) is 24.1 Å². The average Bonchev–Trinajstić information content (AvgIpc) is 3.17. The van der Waals surface area contributed by atoms with Crippen molar-refractivity contribution in [3.8, 4) is 5.75 Å². The second-order valence-corrected chi connectivity index (χ2v) is 6.80. The Morgan fingerprint density at radius 1 is 1.15 bits per heavy atom. The molecule has 6 heteroatoms. The van der Waals surface area contributed by atoms with Gasteiger partial charge in [-0.1, -0.05) is 18.2 Å². The predicted molar refractivity (Wildman–Crippen MR) is 104 cm³/mol. The largest absolute Gasteiger partial charge is 0.490 e. The summed E-state index contributed by atoms with van der Waals surface area (Å²) in [5, 5.41) is 3.32. The first-order chi connectivity index (χ1) is 13.2. The minimum atomic E-state index is -0.285. The van der Waals surface area contributed by atoms with E-state index in [0.29, 0.717) is 16.6 Å². The van der Waals surface area contributed by atoms with Crippen LogP contribution in [0.3, 0.4) is 0 Å². The van der Waals surface area contributed by atoms with E-state index in [9.17, 15) is 9.59 Å². The van der Waals surface area contributed by atoms with Crippen LogP contribution in [0.25, 0.3) is 10.9 Å². The van der Waals surface area contributed by atoms with Crippen molar-refractivity contribution in [2.45, 2.75) is 38.3 Å².